The Hall–Kier alpha value is -1.01. The zero-order valence-corrected chi connectivity index (χ0v) is 33.2. The van der Waals surface area contributed by atoms with Gasteiger partial charge in [-0.25, -0.2) is 0 Å². The number of likely N-dealkylation sites (N-methyl/N-ethyl adjacent to an activating group) is 1. The number of esters is 1. The third-order valence-corrected chi connectivity index (χ3v) is 11.7. The van der Waals surface area contributed by atoms with E-state index in [0.717, 1.165) is 0 Å². The van der Waals surface area contributed by atoms with E-state index < -0.39 is 96.0 Å². The molecule has 3 saturated heterocycles. The van der Waals surface area contributed by atoms with Crippen molar-refractivity contribution in [2.24, 2.45) is 17.8 Å². The van der Waals surface area contributed by atoms with Gasteiger partial charge in [-0.15, -0.1) is 0 Å². The van der Waals surface area contributed by atoms with Crippen molar-refractivity contribution in [3.63, 3.8) is 0 Å². The van der Waals surface area contributed by atoms with Crippen molar-refractivity contribution in [2.75, 3.05) is 27.7 Å². The number of hydrogen-bond donors (Lipinski definition) is 6. The number of carbonyl (C=O) groups excluding carboxylic acids is 1. The molecular weight excluding hydrogens is 664 g/mol. The van der Waals surface area contributed by atoms with Crippen LogP contribution in [0.15, 0.2) is 0 Å². The van der Waals surface area contributed by atoms with Gasteiger partial charge in [0.05, 0.1) is 41.5 Å². The van der Waals surface area contributed by atoms with E-state index in [-0.39, 0.29) is 37.3 Å². The molecule has 6 N–H and O–H groups in total. The van der Waals surface area contributed by atoms with Crippen LogP contribution in [0.25, 0.3) is 0 Å². The molecule has 3 aliphatic rings. The fraction of sp³-hybridized carbons (Fsp3) is 0.973. The van der Waals surface area contributed by atoms with Gasteiger partial charge in [0.25, 0.3) is 0 Å². The molecule has 0 unspecified atom stereocenters. The number of rotatable bonds is 7. The predicted octanol–water partition coefficient (Wildman–Crippen LogP) is 1.56. The standard InChI is InChI=1S/C37H70N2O12/c1-14-26-37(10,45)30(41)23(6)38-18-19(2)16-35(8,44)32(51-34-28(40)25(39(11)12)15-20(3)47-34)21(4)29(22(5)33(43)49-26)50-27-17-36(9,46-13)31(42)24(7)48-27/h19-32,34,38,40-42,44-45H,14-18H2,1-13H3/t19-,20+,21-,22+,23+,24-,25-,26+,27-,28+,29-,30+,31-,32+,34-,35+,36+,37+/m0/s1. The van der Waals surface area contributed by atoms with E-state index in [9.17, 15) is 30.3 Å². The van der Waals surface area contributed by atoms with Crippen LogP contribution >= 0.6 is 0 Å². The molecule has 0 saturated carbocycles. The molecule has 0 amide bonds. The zero-order valence-electron chi connectivity index (χ0n) is 33.2. The van der Waals surface area contributed by atoms with E-state index in [1.807, 2.05) is 39.8 Å². The van der Waals surface area contributed by atoms with Crippen LogP contribution in [0.5, 0.6) is 0 Å². The first-order valence-electron chi connectivity index (χ1n) is 18.8. The summed E-state index contributed by atoms with van der Waals surface area (Å²) in [6, 6.07) is -0.858. The topological polar surface area (TPSA) is 189 Å². The Morgan fingerprint density at radius 3 is 2.14 bits per heavy atom. The maximum atomic E-state index is 14.1. The maximum Gasteiger partial charge on any atom is 0.311 e. The smallest absolute Gasteiger partial charge is 0.311 e. The lowest BCUT2D eigenvalue weighted by atomic mass is 9.77. The average molecular weight is 735 g/mol. The summed E-state index contributed by atoms with van der Waals surface area (Å²) in [5.41, 5.74) is -4.37. The van der Waals surface area contributed by atoms with Gasteiger partial charge >= 0.3 is 5.97 Å². The van der Waals surface area contributed by atoms with Gasteiger partial charge in [0.2, 0.25) is 0 Å². The molecule has 14 nitrogen and oxygen atoms in total. The lowest BCUT2D eigenvalue weighted by Crippen LogP contribution is -2.60. The summed E-state index contributed by atoms with van der Waals surface area (Å²) >= 11 is 0. The lowest BCUT2D eigenvalue weighted by Gasteiger charge is -2.48. The molecule has 0 spiro atoms. The van der Waals surface area contributed by atoms with Gasteiger partial charge in [-0.3, -0.25) is 4.79 Å². The van der Waals surface area contributed by atoms with Crippen LogP contribution in [0.3, 0.4) is 0 Å². The van der Waals surface area contributed by atoms with Gasteiger partial charge in [-0.05, 0) is 94.3 Å². The van der Waals surface area contributed by atoms with Crippen molar-refractivity contribution in [1.82, 2.24) is 10.2 Å². The van der Waals surface area contributed by atoms with Crippen molar-refractivity contribution >= 4 is 5.97 Å². The Labute approximate surface area is 305 Å². The number of cyclic esters (lactones) is 1. The average Bonchev–Trinajstić information content (AvgIpc) is 3.05. The van der Waals surface area contributed by atoms with Crippen LogP contribution in [0.4, 0.5) is 0 Å². The number of ether oxygens (including phenoxy) is 6. The largest absolute Gasteiger partial charge is 0.459 e. The highest BCUT2D eigenvalue weighted by Gasteiger charge is 2.52. The molecule has 0 aromatic heterocycles. The van der Waals surface area contributed by atoms with Crippen molar-refractivity contribution in [2.45, 2.75) is 185 Å². The SMILES string of the molecule is CC[C@H]1OC(=O)[C@H](C)[C@@H](O[C@H]2C[C@@](C)(OC)[C@@H](O)[C@H](C)O2)[C@H](C)[C@@H](O[C@@H]2O[C@H](C)C[C@H](N(C)C)[C@H]2O)[C@](C)(O)C[C@H](C)CN[C@H](C)[C@@H](O)[C@]1(C)O. The molecule has 0 bridgehead atoms. The normalized spacial score (nSPS) is 49.9. The first kappa shape index (κ1) is 44.4. The van der Waals surface area contributed by atoms with E-state index in [1.165, 1.54) is 14.0 Å². The molecular formula is C37H70N2O12. The summed E-state index contributed by atoms with van der Waals surface area (Å²) in [4.78, 5) is 16.1. The Kier molecular flexibility index (Phi) is 15.3. The molecule has 0 radical (unpaired) electrons. The number of carbonyl (C=O) groups is 1. The summed E-state index contributed by atoms with van der Waals surface area (Å²) in [5.74, 6) is -2.60. The minimum absolute atomic E-state index is 0.132. The van der Waals surface area contributed by atoms with Gasteiger partial charge in [-0.1, -0.05) is 20.8 Å². The van der Waals surface area contributed by atoms with Crippen molar-refractivity contribution in [3.05, 3.63) is 0 Å². The number of methoxy groups -OCH3 is 1. The highest BCUT2D eigenvalue weighted by molar-refractivity contribution is 5.73. The maximum absolute atomic E-state index is 14.1. The third kappa shape index (κ3) is 10.2. The monoisotopic (exact) mass is 734 g/mol. The summed E-state index contributed by atoms with van der Waals surface area (Å²) < 4.78 is 37.4. The quantitative estimate of drug-likeness (QED) is 0.207. The minimum Gasteiger partial charge on any atom is -0.459 e. The number of nitrogens with zero attached hydrogens (tertiary/aromatic N) is 1. The third-order valence-electron chi connectivity index (χ3n) is 11.7. The van der Waals surface area contributed by atoms with Crippen LogP contribution in [-0.2, 0) is 33.2 Å². The fourth-order valence-electron chi connectivity index (χ4n) is 8.36. The van der Waals surface area contributed by atoms with Crippen molar-refractivity contribution < 1.29 is 58.7 Å². The molecule has 0 aromatic rings. The van der Waals surface area contributed by atoms with Crippen LogP contribution < -0.4 is 5.32 Å². The molecule has 18 atom stereocenters. The van der Waals surface area contributed by atoms with Gasteiger partial charge in [0.15, 0.2) is 12.6 Å². The highest BCUT2D eigenvalue weighted by atomic mass is 16.7. The molecule has 3 fully saturated rings. The van der Waals surface area contributed by atoms with E-state index in [0.29, 0.717) is 13.0 Å². The Bertz CT molecular complexity index is 1110. The van der Waals surface area contributed by atoms with E-state index in [4.69, 9.17) is 28.4 Å². The van der Waals surface area contributed by atoms with Crippen LogP contribution in [-0.4, -0.2) is 154 Å². The Balaban J connectivity index is 2.15. The van der Waals surface area contributed by atoms with Crippen LogP contribution in [0.2, 0.25) is 0 Å². The van der Waals surface area contributed by atoms with Gasteiger partial charge < -0.3 is 64.2 Å². The fourth-order valence-corrected chi connectivity index (χ4v) is 8.36. The summed E-state index contributed by atoms with van der Waals surface area (Å²) in [6.45, 7) is 17.8. The molecule has 3 heterocycles. The van der Waals surface area contributed by atoms with Crippen molar-refractivity contribution in [1.29, 1.82) is 0 Å². The molecule has 3 rings (SSSR count). The van der Waals surface area contributed by atoms with Crippen LogP contribution in [0.1, 0.15) is 94.9 Å². The first-order chi connectivity index (χ1) is 23.5. The summed E-state index contributed by atoms with van der Waals surface area (Å²) in [6.07, 6.45) is -8.22. The zero-order chi connectivity index (χ0) is 38.8. The lowest BCUT2D eigenvalue weighted by molar-refractivity contribution is -0.318. The minimum atomic E-state index is -1.80. The summed E-state index contributed by atoms with van der Waals surface area (Å²) in [5, 5.41) is 60.9. The number of nitrogens with one attached hydrogen (secondary N) is 1. The van der Waals surface area contributed by atoms with Gasteiger partial charge in [0, 0.05) is 31.5 Å². The number of aliphatic hydroxyl groups excluding tert-OH is 3. The second-order valence-electron chi connectivity index (χ2n) is 16.7. The molecule has 0 aromatic carbocycles. The van der Waals surface area contributed by atoms with Gasteiger partial charge in [0.1, 0.15) is 30.0 Å². The first-order valence-corrected chi connectivity index (χ1v) is 18.8. The predicted molar refractivity (Wildman–Crippen MR) is 190 cm³/mol. The second-order valence-corrected chi connectivity index (χ2v) is 16.7. The Morgan fingerprint density at radius 1 is 0.941 bits per heavy atom. The number of hydrogen-bond acceptors (Lipinski definition) is 14. The molecule has 14 heteroatoms. The highest BCUT2D eigenvalue weighted by Crippen LogP contribution is 2.40. The van der Waals surface area contributed by atoms with Gasteiger partial charge in [-0.2, -0.15) is 0 Å². The summed E-state index contributed by atoms with van der Waals surface area (Å²) in [7, 11) is 5.27. The second kappa shape index (κ2) is 17.6. The van der Waals surface area contributed by atoms with Crippen LogP contribution in [0, 0.1) is 17.8 Å². The van der Waals surface area contributed by atoms with E-state index in [2.05, 4.69) is 5.32 Å². The van der Waals surface area contributed by atoms with E-state index in [1.54, 1.807) is 41.5 Å². The molecule has 300 valence electrons. The molecule has 3 aliphatic heterocycles. The van der Waals surface area contributed by atoms with Crippen molar-refractivity contribution in [3.8, 4) is 0 Å². The molecule has 0 aliphatic carbocycles. The Morgan fingerprint density at radius 2 is 1.57 bits per heavy atom. The van der Waals surface area contributed by atoms with E-state index >= 15 is 0 Å². The number of aliphatic hydroxyl groups is 5. The molecule has 51 heavy (non-hydrogen) atoms.